The molecule has 0 radical (unpaired) electrons. The molecule has 5 nitrogen and oxygen atoms in total. The van der Waals surface area contributed by atoms with Crippen LogP contribution in [0.25, 0.3) is 0 Å². The maximum atomic E-state index is 11.7. The molecule has 15 heavy (non-hydrogen) atoms. The Morgan fingerprint density at radius 3 is 2.80 bits per heavy atom. The molecule has 1 saturated heterocycles. The van der Waals surface area contributed by atoms with Gasteiger partial charge >= 0.3 is 5.97 Å². The highest BCUT2D eigenvalue weighted by Gasteiger charge is 2.25. The summed E-state index contributed by atoms with van der Waals surface area (Å²) in [5.41, 5.74) is 0. The van der Waals surface area contributed by atoms with Crippen LogP contribution in [0.4, 0.5) is 0 Å². The summed E-state index contributed by atoms with van der Waals surface area (Å²) >= 11 is 0. The molecule has 0 aliphatic carbocycles. The number of aliphatic carboxylic acids is 1. The minimum Gasteiger partial charge on any atom is -0.480 e. The van der Waals surface area contributed by atoms with Gasteiger partial charge in [-0.1, -0.05) is 6.92 Å². The summed E-state index contributed by atoms with van der Waals surface area (Å²) in [6.45, 7) is 3.35. The van der Waals surface area contributed by atoms with Gasteiger partial charge in [0.2, 0.25) is 5.91 Å². The van der Waals surface area contributed by atoms with Gasteiger partial charge in [0.1, 0.15) is 6.04 Å². The monoisotopic (exact) mass is 214 g/mol. The SMILES string of the molecule is CC[C@H](NC(=O)[C@@H]1CCCNC1)C(=O)O. The summed E-state index contributed by atoms with van der Waals surface area (Å²) < 4.78 is 0. The highest BCUT2D eigenvalue weighted by atomic mass is 16.4. The summed E-state index contributed by atoms with van der Waals surface area (Å²) in [6.07, 6.45) is 2.23. The van der Waals surface area contributed by atoms with E-state index in [0.717, 1.165) is 19.4 Å². The molecule has 86 valence electrons. The number of hydrogen-bond donors (Lipinski definition) is 3. The lowest BCUT2D eigenvalue weighted by atomic mass is 9.98. The Bertz CT molecular complexity index is 237. The Kier molecular flexibility index (Phi) is 4.55. The zero-order valence-corrected chi connectivity index (χ0v) is 8.95. The zero-order chi connectivity index (χ0) is 11.3. The molecule has 1 rings (SSSR count). The third-order valence-corrected chi connectivity index (χ3v) is 2.69. The van der Waals surface area contributed by atoms with Gasteiger partial charge in [-0.2, -0.15) is 0 Å². The summed E-state index contributed by atoms with van der Waals surface area (Å²) in [5.74, 6) is -1.18. The van der Waals surface area contributed by atoms with Crippen molar-refractivity contribution in [1.82, 2.24) is 10.6 Å². The standard InChI is InChI=1S/C10H18N2O3/c1-2-8(10(14)15)12-9(13)7-4-3-5-11-6-7/h7-8,11H,2-6H2,1H3,(H,12,13)(H,14,15)/t7-,8+/m1/s1. The average molecular weight is 214 g/mol. The normalized spacial score (nSPS) is 23.1. The van der Waals surface area contributed by atoms with Crippen LogP contribution in [0.3, 0.4) is 0 Å². The first-order valence-electron chi connectivity index (χ1n) is 5.39. The first kappa shape index (κ1) is 12.0. The molecule has 3 N–H and O–H groups in total. The lowest BCUT2D eigenvalue weighted by molar-refractivity contribution is -0.142. The molecule has 1 heterocycles. The predicted molar refractivity (Wildman–Crippen MR) is 55.5 cm³/mol. The van der Waals surface area contributed by atoms with Crippen molar-refractivity contribution in [3.8, 4) is 0 Å². The molecule has 0 spiro atoms. The highest BCUT2D eigenvalue weighted by Crippen LogP contribution is 2.10. The van der Waals surface area contributed by atoms with Crippen molar-refractivity contribution in [2.75, 3.05) is 13.1 Å². The largest absolute Gasteiger partial charge is 0.480 e. The summed E-state index contributed by atoms with van der Waals surface area (Å²) in [7, 11) is 0. The van der Waals surface area contributed by atoms with Crippen LogP contribution in [0.2, 0.25) is 0 Å². The van der Waals surface area contributed by atoms with Crippen molar-refractivity contribution in [3.05, 3.63) is 0 Å². The predicted octanol–water partition coefficient (Wildman–Crippen LogP) is -0.0346. The molecular formula is C10H18N2O3. The third-order valence-electron chi connectivity index (χ3n) is 2.69. The molecule has 0 aromatic rings. The van der Waals surface area contributed by atoms with E-state index < -0.39 is 12.0 Å². The molecular weight excluding hydrogens is 196 g/mol. The molecule has 0 saturated carbocycles. The maximum Gasteiger partial charge on any atom is 0.326 e. The van der Waals surface area contributed by atoms with Gasteiger partial charge in [-0.15, -0.1) is 0 Å². The zero-order valence-electron chi connectivity index (χ0n) is 8.95. The van der Waals surface area contributed by atoms with Crippen molar-refractivity contribution in [1.29, 1.82) is 0 Å². The van der Waals surface area contributed by atoms with Crippen LogP contribution in [0.15, 0.2) is 0 Å². The van der Waals surface area contributed by atoms with Gasteiger partial charge in [-0.3, -0.25) is 4.79 Å². The fraction of sp³-hybridized carbons (Fsp3) is 0.800. The van der Waals surface area contributed by atoms with Gasteiger partial charge in [-0.25, -0.2) is 4.79 Å². The first-order chi connectivity index (χ1) is 7.15. The number of nitrogens with one attached hydrogen (secondary N) is 2. The lowest BCUT2D eigenvalue weighted by Crippen LogP contribution is -2.47. The Morgan fingerprint density at radius 2 is 2.33 bits per heavy atom. The summed E-state index contributed by atoms with van der Waals surface area (Å²) in [6, 6.07) is -0.751. The number of carboxylic acids is 1. The molecule has 1 aliphatic rings. The van der Waals surface area contributed by atoms with Crippen molar-refractivity contribution >= 4 is 11.9 Å². The number of carboxylic acid groups (broad SMARTS) is 1. The van der Waals surface area contributed by atoms with E-state index in [9.17, 15) is 9.59 Å². The van der Waals surface area contributed by atoms with Crippen LogP contribution in [0.1, 0.15) is 26.2 Å². The van der Waals surface area contributed by atoms with Gasteiger partial charge in [0.05, 0.1) is 5.92 Å². The molecule has 1 fully saturated rings. The minimum absolute atomic E-state index is 0.0767. The van der Waals surface area contributed by atoms with Crippen molar-refractivity contribution in [2.24, 2.45) is 5.92 Å². The van der Waals surface area contributed by atoms with Crippen LogP contribution >= 0.6 is 0 Å². The van der Waals surface area contributed by atoms with E-state index in [0.29, 0.717) is 13.0 Å². The highest BCUT2D eigenvalue weighted by molar-refractivity contribution is 5.85. The maximum absolute atomic E-state index is 11.7. The van der Waals surface area contributed by atoms with E-state index in [2.05, 4.69) is 10.6 Å². The Hall–Kier alpha value is -1.10. The number of piperidine rings is 1. The van der Waals surface area contributed by atoms with Crippen LogP contribution < -0.4 is 10.6 Å². The Morgan fingerprint density at radius 1 is 1.60 bits per heavy atom. The second-order valence-corrected chi connectivity index (χ2v) is 3.85. The number of carbonyl (C=O) groups excluding carboxylic acids is 1. The number of hydrogen-bond acceptors (Lipinski definition) is 3. The molecule has 1 aliphatic heterocycles. The fourth-order valence-corrected chi connectivity index (χ4v) is 1.70. The van der Waals surface area contributed by atoms with E-state index in [4.69, 9.17) is 5.11 Å². The summed E-state index contributed by atoms with van der Waals surface area (Å²) in [5, 5.41) is 14.5. The molecule has 0 aromatic carbocycles. The lowest BCUT2D eigenvalue weighted by Gasteiger charge is -2.23. The van der Waals surface area contributed by atoms with Gasteiger partial charge in [-0.05, 0) is 25.8 Å². The molecule has 0 unspecified atom stereocenters. The second-order valence-electron chi connectivity index (χ2n) is 3.85. The quantitative estimate of drug-likeness (QED) is 0.614. The van der Waals surface area contributed by atoms with Crippen LogP contribution in [-0.2, 0) is 9.59 Å². The number of rotatable bonds is 4. The topological polar surface area (TPSA) is 78.4 Å². The Balaban J connectivity index is 2.42. The molecule has 5 heteroatoms. The van der Waals surface area contributed by atoms with E-state index >= 15 is 0 Å². The van der Waals surface area contributed by atoms with Crippen LogP contribution in [0.5, 0.6) is 0 Å². The van der Waals surface area contributed by atoms with Gasteiger partial charge in [0.25, 0.3) is 0 Å². The van der Waals surface area contributed by atoms with Gasteiger partial charge < -0.3 is 15.7 Å². The second kappa shape index (κ2) is 5.70. The average Bonchev–Trinajstić information content (AvgIpc) is 2.26. The van der Waals surface area contributed by atoms with E-state index in [1.54, 1.807) is 6.92 Å². The smallest absolute Gasteiger partial charge is 0.326 e. The fourth-order valence-electron chi connectivity index (χ4n) is 1.70. The number of carbonyl (C=O) groups is 2. The molecule has 0 bridgehead atoms. The van der Waals surface area contributed by atoms with E-state index in [-0.39, 0.29) is 11.8 Å². The molecule has 2 atom stereocenters. The third kappa shape index (κ3) is 3.51. The van der Waals surface area contributed by atoms with E-state index in [1.165, 1.54) is 0 Å². The molecule has 1 amide bonds. The van der Waals surface area contributed by atoms with Gasteiger partial charge in [0, 0.05) is 6.54 Å². The Labute approximate surface area is 89.2 Å². The van der Waals surface area contributed by atoms with E-state index in [1.807, 2.05) is 0 Å². The van der Waals surface area contributed by atoms with Crippen LogP contribution in [-0.4, -0.2) is 36.1 Å². The van der Waals surface area contributed by atoms with Gasteiger partial charge in [0.15, 0.2) is 0 Å². The van der Waals surface area contributed by atoms with Crippen molar-refractivity contribution in [2.45, 2.75) is 32.2 Å². The summed E-state index contributed by atoms with van der Waals surface area (Å²) in [4.78, 5) is 22.4. The molecule has 0 aromatic heterocycles. The number of amides is 1. The minimum atomic E-state index is -0.963. The van der Waals surface area contributed by atoms with Crippen molar-refractivity contribution < 1.29 is 14.7 Å². The first-order valence-corrected chi connectivity index (χ1v) is 5.39. The van der Waals surface area contributed by atoms with Crippen molar-refractivity contribution in [3.63, 3.8) is 0 Å². The van der Waals surface area contributed by atoms with Crippen LogP contribution in [0, 0.1) is 5.92 Å².